The number of ether oxygens (including phenoxy) is 2. The van der Waals surface area contributed by atoms with Gasteiger partial charge in [-0.2, -0.15) is 0 Å². The summed E-state index contributed by atoms with van der Waals surface area (Å²) >= 11 is 12.8. The molecule has 2 aliphatic heterocycles. The number of hydrogen-bond acceptors (Lipinski definition) is 5. The lowest BCUT2D eigenvalue weighted by atomic mass is 10.2. The summed E-state index contributed by atoms with van der Waals surface area (Å²) in [6.45, 7) is 5.20. The van der Waals surface area contributed by atoms with Gasteiger partial charge in [-0.1, -0.05) is 41.7 Å². The first-order chi connectivity index (χ1) is 11.1. The molecular formula is C16H14ClNO3S2. The molecule has 0 atom stereocenters. The maximum Gasteiger partial charge on any atom is 0.266 e. The van der Waals surface area contributed by atoms with Crippen molar-refractivity contribution in [3.05, 3.63) is 40.3 Å². The average molecular weight is 368 g/mol. The molecule has 1 aromatic rings. The Morgan fingerprint density at radius 3 is 2.96 bits per heavy atom. The molecule has 0 spiro atoms. The molecule has 0 N–H and O–H groups in total. The van der Waals surface area contributed by atoms with Crippen LogP contribution >= 0.6 is 35.6 Å². The van der Waals surface area contributed by atoms with Gasteiger partial charge in [0.15, 0.2) is 11.5 Å². The summed E-state index contributed by atoms with van der Waals surface area (Å²) in [6.07, 6.45) is 4.22. The molecule has 1 fully saturated rings. The lowest BCUT2D eigenvalue weighted by Gasteiger charge is -2.11. The van der Waals surface area contributed by atoms with Crippen molar-refractivity contribution in [3.63, 3.8) is 0 Å². The van der Waals surface area contributed by atoms with Crippen molar-refractivity contribution in [1.29, 1.82) is 0 Å². The van der Waals surface area contributed by atoms with Crippen LogP contribution in [0.25, 0.3) is 6.08 Å². The van der Waals surface area contributed by atoms with Gasteiger partial charge in [-0.15, -0.1) is 6.58 Å². The van der Waals surface area contributed by atoms with Crippen LogP contribution in [0.15, 0.2) is 29.7 Å². The Hall–Kier alpha value is -1.50. The molecule has 1 aromatic carbocycles. The Balaban J connectivity index is 1.92. The van der Waals surface area contributed by atoms with E-state index in [9.17, 15) is 4.79 Å². The third-order valence-electron chi connectivity index (χ3n) is 3.31. The van der Waals surface area contributed by atoms with Crippen LogP contribution in [0.5, 0.6) is 11.5 Å². The normalized spacial score (nSPS) is 19.2. The second-order valence-corrected chi connectivity index (χ2v) is 7.04. The second-order valence-electron chi connectivity index (χ2n) is 4.96. The topological polar surface area (TPSA) is 38.8 Å². The van der Waals surface area contributed by atoms with Crippen LogP contribution in [-0.2, 0) is 4.79 Å². The van der Waals surface area contributed by atoms with Crippen LogP contribution in [0.1, 0.15) is 12.0 Å². The fraction of sp³-hybridized carbons (Fsp3) is 0.250. The number of halogens is 1. The van der Waals surface area contributed by atoms with Gasteiger partial charge >= 0.3 is 0 Å². The molecule has 0 aromatic heterocycles. The molecule has 7 heteroatoms. The van der Waals surface area contributed by atoms with Gasteiger partial charge in [0.05, 0.1) is 23.1 Å². The molecule has 0 radical (unpaired) electrons. The minimum absolute atomic E-state index is 0.122. The van der Waals surface area contributed by atoms with Crippen LogP contribution in [0.4, 0.5) is 0 Å². The number of hydrogen-bond donors (Lipinski definition) is 0. The third kappa shape index (κ3) is 3.39. The molecule has 2 aliphatic rings. The minimum Gasteiger partial charge on any atom is -0.489 e. The first-order valence-corrected chi connectivity index (χ1v) is 8.66. The molecule has 3 rings (SSSR count). The third-order valence-corrected chi connectivity index (χ3v) is 4.97. The van der Waals surface area contributed by atoms with E-state index in [1.54, 1.807) is 18.2 Å². The molecule has 23 heavy (non-hydrogen) atoms. The Kier molecular flexibility index (Phi) is 4.94. The van der Waals surface area contributed by atoms with E-state index in [0.717, 1.165) is 12.0 Å². The van der Waals surface area contributed by atoms with Gasteiger partial charge in [0.1, 0.15) is 4.32 Å². The maximum atomic E-state index is 12.4. The van der Waals surface area contributed by atoms with Crippen LogP contribution in [0.3, 0.4) is 0 Å². The average Bonchev–Trinajstić information content (AvgIpc) is 2.71. The van der Waals surface area contributed by atoms with Crippen molar-refractivity contribution >= 4 is 51.9 Å². The number of thioether (sulfide) groups is 1. The van der Waals surface area contributed by atoms with Gasteiger partial charge in [-0.3, -0.25) is 9.69 Å². The van der Waals surface area contributed by atoms with Gasteiger partial charge in [0, 0.05) is 13.0 Å². The van der Waals surface area contributed by atoms with Gasteiger partial charge in [-0.05, 0) is 23.8 Å². The number of nitrogens with zero attached hydrogens (tertiary/aromatic N) is 1. The highest BCUT2D eigenvalue weighted by molar-refractivity contribution is 8.26. The van der Waals surface area contributed by atoms with E-state index in [2.05, 4.69) is 6.58 Å². The quantitative estimate of drug-likeness (QED) is 0.460. The lowest BCUT2D eigenvalue weighted by Crippen LogP contribution is -2.27. The Labute approximate surface area is 149 Å². The fourth-order valence-corrected chi connectivity index (χ4v) is 3.82. The first kappa shape index (κ1) is 16.4. The SMILES string of the molecule is C=CCN1C(=O)/C(=C/c2cc(Cl)c3c(c2)OCCCO3)SC1=S. The zero-order valence-corrected chi connectivity index (χ0v) is 14.6. The summed E-state index contributed by atoms with van der Waals surface area (Å²) in [4.78, 5) is 14.4. The summed E-state index contributed by atoms with van der Waals surface area (Å²) in [6, 6.07) is 3.59. The molecular weight excluding hydrogens is 354 g/mol. The first-order valence-electron chi connectivity index (χ1n) is 7.05. The van der Waals surface area contributed by atoms with Gasteiger partial charge < -0.3 is 9.47 Å². The van der Waals surface area contributed by atoms with E-state index >= 15 is 0 Å². The molecule has 1 saturated heterocycles. The van der Waals surface area contributed by atoms with Crippen molar-refractivity contribution < 1.29 is 14.3 Å². The Bertz CT molecular complexity index is 718. The van der Waals surface area contributed by atoms with Crippen LogP contribution < -0.4 is 9.47 Å². The van der Waals surface area contributed by atoms with E-state index in [1.807, 2.05) is 6.07 Å². The van der Waals surface area contributed by atoms with Crippen LogP contribution in [-0.4, -0.2) is 34.9 Å². The maximum absolute atomic E-state index is 12.4. The highest BCUT2D eigenvalue weighted by Gasteiger charge is 2.31. The van der Waals surface area contributed by atoms with Gasteiger partial charge in [0.2, 0.25) is 0 Å². The monoisotopic (exact) mass is 367 g/mol. The smallest absolute Gasteiger partial charge is 0.266 e. The summed E-state index contributed by atoms with van der Waals surface area (Å²) in [7, 11) is 0. The number of thiocarbonyl (C=S) groups is 1. The highest BCUT2D eigenvalue weighted by Crippen LogP contribution is 2.40. The number of rotatable bonds is 3. The van der Waals surface area contributed by atoms with E-state index in [4.69, 9.17) is 33.3 Å². The Morgan fingerprint density at radius 1 is 1.39 bits per heavy atom. The molecule has 0 saturated carbocycles. The standard InChI is InChI=1S/C16H14ClNO3S2/c1-2-4-18-15(19)13(23-16(18)22)9-10-7-11(17)14-12(8-10)20-5-3-6-21-14/h2,7-9H,1,3-6H2/b13-9-. The molecule has 0 aliphatic carbocycles. The van der Waals surface area contributed by atoms with Crippen molar-refractivity contribution in [2.45, 2.75) is 6.42 Å². The number of carbonyl (C=O) groups is 1. The van der Waals surface area contributed by atoms with Gasteiger partial charge in [-0.25, -0.2) is 0 Å². The molecule has 0 bridgehead atoms. The van der Waals surface area contributed by atoms with E-state index < -0.39 is 0 Å². The predicted octanol–water partition coefficient (Wildman–Crippen LogP) is 3.89. The molecule has 0 unspecified atom stereocenters. The number of carbonyl (C=O) groups excluding carboxylic acids is 1. The molecule has 4 nitrogen and oxygen atoms in total. The van der Waals surface area contributed by atoms with E-state index in [-0.39, 0.29) is 5.91 Å². The summed E-state index contributed by atoms with van der Waals surface area (Å²) in [5.74, 6) is 1.03. The fourth-order valence-electron chi connectivity index (χ4n) is 2.27. The zero-order valence-electron chi connectivity index (χ0n) is 12.2. The van der Waals surface area contributed by atoms with Crippen molar-refractivity contribution in [2.24, 2.45) is 0 Å². The number of benzene rings is 1. The van der Waals surface area contributed by atoms with E-state index in [0.29, 0.717) is 45.5 Å². The van der Waals surface area contributed by atoms with Crippen molar-refractivity contribution in [3.8, 4) is 11.5 Å². The zero-order chi connectivity index (χ0) is 16.4. The number of amides is 1. The molecule has 2 heterocycles. The lowest BCUT2D eigenvalue weighted by molar-refractivity contribution is -0.121. The molecule has 1 amide bonds. The predicted molar refractivity (Wildman–Crippen MR) is 97.1 cm³/mol. The molecule has 120 valence electrons. The summed E-state index contributed by atoms with van der Waals surface area (Å²) < 4.78 is 11.8. The van der Waals surface area contributed by atoms with Crippen molar-refractivity contribution in [1.82, 2.24) is 4.90 Å². The number of fused-ring (bicyclic) bond motifs is 1. The van der Waals surface area contributed by atoms with E-state index in [1.165, 1.54) is 16.7 Å². The minimum atomic E-state index is -0.122. The summed E-state index contributed by atoms with van der Waals surface area (Å²) in [5, 5.41) is 0.470. The summed E-state index contributed by atoms with van der Waals surface area (Å²) in [5.41, 5.74) is 0.776. The van der Waals surface area contributed by atoms with Crippen LogP contribution in [0, 0.1) is 0 Å². The highest BCUT2D eigenvalue weighted by atomic mass is 35.5. The van der Waals surface area contributed by atoms with Crippen LogP contribution in [0.2, 0.25) is 5.02 Å². The second kappa shape index (κ2) is 6.95. The van der Waals surface area contributed by atoms with Crippen molar-refractivity contribution in [2.75, 3.05) is 19.8 Å². The Morgan fingerprint density at radius 2 is 2.17 bits per heavy atom. The largest absolute Gasteiger partial charge is 0.489 e. The van der Waals surface area contributed by atoms with Gasteiger partial charge in [0.25, 0.3) is 5.91 Å².